The van der Waals surface area contributed by atoms with Crippen LogP contribution in [0.3, 0.4) is 0 Å². The molecule has 3 heteroatoms. The van der Waals surface area contributed by atoms with Crippen molar-refractivity contribution in [3.63, 3.8) is 0 Å². The van der Waals surface area contributed by atoms with E-state index in [1.807, 2.05) is 25.1 Å². The Kier molecular flexibility index (Phi) is 2.39. The predicted molar refractivity (Wildman–Crippen MR) is 59.2 cm³/mol. The van der Waals surface area contributed by atoms with Crippen molar-refractivity contribution < 1.29 is 4.39 Å². The topological polar surface area (TPSA) is 0 Å². The van der Waals surface area contributed by atoms with Crippen LogP contribution in [0.5, 0.6) is 0 Å². The number of halogens is 2. The van der Waals surface area contributed by atoms with E-state index in [2.05, 4.69) is 15.9 Å². The number of thiophene rings is 1. The Hall–Kier alpha value is -0.410. The highest BCUT2D eigenvalue weighted by molar-refractivity contribution is 9.08. The number of alkyl halides is 1. The van der Waals surface area contributed by atoms with Crippen molar-refractivity contribution in [1.82, 2.24) is 0 Å². The summed E-state index contributed by atoms with van der Waals surface area (Å²) in [5.74, 6) is 0. The van der Waals surface area contributed by atoms with Crippen LogP contribution in [0.25, 0.3) is 10.1 Å². The summed E-state index contributed by atoms with van der Waals surface area (Å²) in [6.07, 6.45) is 0. The van der Waals surface area contributed by atoms with Crippen molar-refractivity contribution in [2.45, 2.75) is 12.3 Å². The minimum atomic E-state index is -0.0663. The summed E-state index contributed by atoms with van der Waals surface area (Å²) in [6.45, 7) is 1.83. The Morgan fingerprint density at radius 3 is 2.92 bits per heavy atom. The van der Waals surface area contributed by atoms with E-state index in [0.29, 0.717) is 0 Å². The summed E-state index contributed by atoms with van der Waals surface area (Å²) in [5, 5.41) is 1.78. The molecular weight excluding hydrogens is 251 g/mol. The molecule has 2 rings (SSSR count). The van der Waals surface area contributed by atoms with Crippen molar-refractivity contribution in [2.75, 3.05) is 0 Å². The van der Waals surface area contributed by atoms with E-state index in [9.17, 15) is 4.39 Å². The van der Waals surface area contributed by atoms with Crippen LogP contribution in [0.1, 0.15) is 11.1 Å². The molecule has 0 radical (unpaired) electrons. The lowest BCUT2D eigenvalue weighted by molar-refractivity contribution is 0.650. The highest BCUT2D eigenvalue weighted by atomic mass is 79.9. The smallest absolute Gasteiger partial charge is 0.180 e. The molecule has 1 heterocycles. The Morgan fingerprint density at radius 1 is 1.46 bits per heavy atom. The maximum atomic E-state index is 13.3. The maximum Gasteiger partial charge on any atom is 0.180 e. The minimum Gasteiger partial charge on any atom is -0.195 e. The van der Waals surface area contributed by atoms with E-state index >= 15 is 0 Å². The first-order chi connectivity index (χ1) is 6.24. The SMILES string of the molecule is Cc1c(F)sc2cccc(CBr)c12. The molecule has 1 aromatic carbocycles. The maximum absolute atomic E-state index is 13.3. The van der Waals surface area contributed by atoms with Gasteiger partial charge in [0.15, 0.2) is 5.13 Å². The van der Waals surface area contributed by atoms with Crippen LogP contribution in [-0.2, 0) is 5.33 Å². The third-order valence-electron chi connectivity index (χ3n) is 2.13. The van der Waals surface area contributed by atoms with Crippen LogP contribution in [0.2, 0.25) is 0 Å². The van der Waals surface area contributed by atoms with Gasteiger partial charge in [-0.05, 0) is 18.6 Å². The first-order valence-electron chi connectivity index (χ1n) is 3.96. The van der Waals surface area contributed by atoms with Crippen LogP contribution < -0.4 is 0 Å². The van der Waals surface area contributed by atoms with Gasteiger partial charge in [-0.3, -0.25) is 0 Å². The monoisotopic (exact) mass is 258 g/mol. The highest BCUT2D eigenvalue weighted by Crippen LogP contribution is 2.32. The molecule has 0 saturated carbocycles. The second kappa shape index (κ2) is 3.39. The molecule has 0 aliphatic carbocycles. The van der Waals surface area contributed by atoms with Gasteiger partial charge in [0, 0.05) is 21.0 Å². The van der Waals surface area contributed by atoms with Crippen LogP contribution in [0, 0.1) is 12.1 Å². The first kappa shape index (κ1) is 9.16. The molecule has 0 aliphatic heterocycles. The average Bonchev–Trinajstić information content (AvgIpc) is 2.43. The first-order valence-corrected chi connectivity index (χ1v) is 5.90. The van der Waals surface area contributed by atoms with Crippen molar-refractivity contribution in [3.8, 4) is 0 Å². The number of aryl methyl sites for hydroxylation is 1. The molecule has 0 fully saturated rings. The van der Waals surface area contributed by atoms with E-state index in [0.717, 1.165) is 26.5 Å². The van der Waals surface area contributed by atoms with Gasteiger partial charge in [0.25, 0.3) is 0 Å². The molecular formula is C10H8BrFS. The van der Waals surface area contributed by atoms with Gasteiger partial charge in [0.2, 0.25) is 0 Å². The van der Waals surface area contributed by atoms with Gasteiger partial charge < -0.3 is 0 Å². The number of hydrogen-bond acceptors (Lipinski definition) is 1. The van der Waals surface area contributed by atoms with Crippen molar-refractivity contribution in [1.29, 1.82) is 0 Å². The summed E-state index contributed by atoms with van der Waals surface area (Å²) in [7, 11) is 0. The third kappa shape index (κ3) is 1.40. The van der Waals surface area contributed by atoms with E-state index in [1.54, 1.807) is 0 Å². The molecule has 0 bridgehead atoms. The number of fused-ring (bicyclic) bond motifs is 1. The molecule has 0 amide bonds. The van der Waals surface area contributed by atoms with Gasteiger partial charge in [-0.1, -0.05) is 28.1 Å². The van der Waals surface area contributed by atoms with Gasteiger partial charge in [0.1, 0.15) is 0 Å². The zero-order valence-electron chi connectivity index (χ0n) is 7.10. The molecule has 2 aromatic rings. The van der Waals surface area contributed by atoms with E-state index < -0.39 is 0 Å². The molecule has 1 aromatic heterocycles. The summed E-state index contributed by atoms with van der Waals surface area (Å²) in [5.41, 5.74) is 1.94. The Balaban J connectivity index is 2.87. The van der Waals surface area contributed by atoms with Crippen molar-refractivity contribution in [3.05, 3.63) is 34.5 Å². The van der Waals surface area contributed by atoms with E-state index in [-0.39, 0.29) is 5.13 Å². The second-order valence-electron chi connectivity index (χ2n) is 2.92. The lowest BCUT2D eigenvalue weighted by Crippen LogP contribution is -1.80. The highest BCUT2D eigenvalue weighted by Gasteiger charge is 2.10. The molecule has 0 saturated heterocycles. The van der Waals surface area contributed by atoms with Crippen LogP contribution in [0.4, 0.5) is 4.39 Å². The standard InChI is InChI=1S/C10H8BrFS/c1-6-9-7(5-11)3-2-4-8(9)13-10(6)12/h2-4H,5H2,1H3. The van der Waals surface area contributed by atoms with Crippen LogP contribution in [0.15, 0.2) is 18.2 Å². The molecule has 0 atom stereocenters. The molecule has 68 valence electrons. The van der Waals surface area contributed by atoms with Gasteiger partial charge in [-0.2, -0.15) is 4.39 Å². The summed E-state index contributed by atoms with van der Waals surface area (Å²) >= 11 is 4.62. The summed E-state index contributed by atoms with van der Waals surface area (Å²) < 4.78 is 14.3. The van der Waals surface area contributed by atoms with E-state index in [1.165, 1.54) is 11.3 Å². The molecule has 0 aliphatic rings. The van der Waals surface area contributed by atoms with E-state index in [4.69, 9.17) is 0 Å². The Labute approximate surface area is 88.5 Å². The molecule has 13 heavy (non-hydrogen) atoms. The number of rotatable bonds is 1. The molecule has 0 nitrogen and oxygen atoms in total. The largest absolute Gasteiger partial charge is 0.195 e. The van der Waals surface area contributed by atoms with Crippen molar-refractivity contribution >= 4 is 37.4 Å². The van der Waals surface area contributed by atoms with Crippen LogP contribution >= 0.6 is 27.3 Å². The second-order valence-corrected chi connectivity index (χ2v) is 4.49. The minimum absolute atomic E-state index is 0.0663. The van der Waals surface area contributed by atoms with Crippen molar-refractivity contribution in [2.24, 2.45) is 0 Å². The normalized spacial score (nSPS) is 11.0. The molecule has 0 N–H and O–H groups in total. The fourth-order valence-corrected chi connectivity index (χ4v) is 2.92. The number of hydrogen-bond donors (Lipinski definition) is 0. The fraction of sp³-hybridized carbons (Fsp3) is 0.200. The van der Waals surface area contributed by atoms with Crippen LogP contribution in [-0.4, -0.2) is 0 Å². The zero-order chi connectivity index (χ0) is 9.42. The lowest BCUT2D eigenvalue weighted by Gasteiger charge is -1.98. The quantitative estimate of drug-likeness (QED) is 0.672. The molecule has 0 unspecified atom stereocenters. The average molecular weight is 259 g/mol. The third-order valence-corrected chi connectivity index (χ3v) is 3.78. The summed E-state index contributed by atoms with van der Waals surface area (Å²) in [6, 6.07) is 5.95. The van der Waals surface area contributed by atoms with Gasteiger partial charge in [0.05, 0.1) is 0 Å². The van der Waals surface area contributed by atoms with Gasteiger partial charge in [-0.25, -0.2) is 0 Å². The van der Waals surface area contributed by atoms with Gasteiger partial charge >= 0.3 is 0 Å². The summed E-state index contributed by atoms with van der Waals surface area (Å²) in [4.78, 5) is 0. The zero-order valence-corrected chi connectivity index (χ0v) is 9.51. The van der Waals surface area contributed by atoms with Gasteiger partial charge in [-0.15, -0.1) is 11.3 Å². The Morgan fingerprint density at radius 2 is 2.23 bits per heavy atom. The molecule has 0 spiro atoms. The number of benzene rings is 1. The Bertz CT molecular complexity index is 447. The fourth-order valence-electron chi connectivity index (χ4n) is 1.47. The predicted octanol–water partition coefficient (Wildman–Crippen LogP) is 4.24. The lowest BCUT2D eigenvalue weighted by atomic mass is 10.1.